The topological polar surface area (TPSA) is 125 Å². The summed E-state index contributed by atoms with van der Waals surface area (Å²) in [6.45, 7) is 1.24. The summed E-state index contributed by atoms with van der Waals surface area (Å²) in [6.07, 6.45) is 0.433. The van der Waals surface area contributed by atoms with Gasteiger partial charge in [0.25, 0.3) is 5.91 Å². The van der Waals surface area contributed by atoms with Gasteiger partial charge in [-0.05, 0) is 6.42 Å². The average Bonchev–Trinajstić information content (AvgIpc) is 2.37. The molecule has 1 fully saturated rings. The minimum atomic E-state index is -1.21. The Morgan fingerprint density at radius 3 is 2.75 bits per heavy atom. The number of ether oxygens (including phenoxy) is 1. The van der Waals surface area contributed by atoms with Crippen molar-refractivity contribution in [1.82, 2.24) is 15.5 Å². The SMILES string of the molecule is CCC1C(=O)NCCN1C(=O)NC(=O)COCC(=O)O. The second kappa shape index (κ2) is 7.43. The Morgan fingerprint density at radius 1 is 1.45 bits per heavy atom. The van der Waals surface area contributed by atoms with Crippen LogP contribution in [0.15, 0.2) is 0 Å². The van der Waals surface area contributed by atoms with Crippen molar-refractivity contribution in [3.63, 3.8) is 0 Å². The number of hydrogen-bond donors (Lipinski definition) is 3. The van der Waals surface area contributed by atoms with Gasteiger partial charge in [-0.2, -0.15) is 0 Å². The fourth-order valence-electron chi connectivity index (χ4n) is 1.82. The van der Waals surface area contributed by atoms with Gasteiger partial charge in [-0.15, -0.1) is 0 Å². The largest absolute Gasteiger partial charge is 0.480 e. The maximum absolute atomic E-state index is 11.9. The van der Waals surface area contributed by atoms with Crippen molar-refractivity contribution in [2.75, 3.05) is 26.3 Å². The Morgan fingerprint density at radius 2 is 2.15 bits per heavy atom. The second-order valence-electron chi connectivity index (χ2n) is 4.15. The van der Waals surface area contributed by atoms with Crippen LogP contribution in [-0.4, -0.2) is 66.2 Å². The molecule has 20 heavy (non-hydrogen) atoms. The molecule has 0 saturated carbocycles. The summed E-state index contributed by atoms with van der Waals surface area (Å²) in [5.41, 5.74) is 0. The van der Waals surface area contributed by atoms with Crippen molar-refractivity contribution in [2.45, 2.75) is 19.4 Å². The quantitative estimate of drug-likeness (QED) is 0.567. The molecule has 1 heterocycles. The van der Waals surface area contributed by atoms with Crippen LogP contribution in [0.25, 0.3) is 0 Å². The summed E-state index contributed by atoms with van der Waals surface area (Å²) in [7, 11) is 0. The van der Waals surface area contributed by atoms with Gasteiger partial charge in [-0.25, -0.2) is 9.59 Å². The Balaban J connectivity index is 2.46. The van der Waals surface area contributed by atoms with Crippen molar-refractivity contribution in [1.29, 1.82) is 0 Å². The monoisotopic (exact) mass is 287 g/mol. The highest BCUT2D eigenvalue weighted by molar-refractivity contribution is 5.97. The summed E-state index contributed by atoms with van der Waals surface area (Å²) in [6, 6.07) is -1.30. The number of nitrogens with one attached hydrogen (secondary N) is 2. The number of carbonyl (C=O) groups is 4. The molecule has 1 rings (SSSR count). The summed E-state index contributed by atoms with van der Waals surface area (Å²) in [5, 5.41) is 13.0. The van der Waals surface area contributed by atoms with Crippen LogP contribution < -0.4 is 10.6 Å². The third kappa shape index (κ3) is 4.50. The van der Waals surface area contributed by atoms with Crippen LogP contribution in [0, 0.1) is 0 Å². The van der Waals surface area contributed by atoms with Crippen molar-refractivity contribution in [2.24, 2.45) is 0 Å². The van der Waals surface area contributed by atoms with E-state index < -0.39 is 37.2 Å². The van der Waals surface area contributed by atoms with Crippen molar-refractivity contribution in [3.8, 4) is 0 Å². The molecule has 1 atom stereocenters. The first-order valence-corrected chi connectivity index (χ1v) is 6.13. The molecule has 1 unspecified atom stereocenters. The van der Waals surface area contributed by atoms with Gasteiger partial charge in [0.15, 0.2) is 0 Å². The van der Waals surface area contributed by atoms with Gasteiger partial charge in [-0.3, -0.25) is 14.9 Å². The number of nitrogens with zero attached hydrogens (tertiary/aromatic N) is 1. The van der Waals surface area contributed by atoms with E-state index in [0.29, 0.717) is 19.5 Å². The number of carboxylic acid groups (broad SMARTS) is 1. The van der Waals surface area contributed by atoms with Crippen LogP contribution in [0.1, 0.15) is 13.3 Å². The highest BCUT2D eigenvalue weighted by Crippen LogP contribution is 2.08. The number of imide groups is 1. The lowest BCUT2D eigenvalue weighted by molar-refractivity contribution is -0.143. The first-order valence-electron chi connectivity index (χ1n) is 6.13. The molecule has 0 bridgehead atoms. The lowest BCUT2D eigenvalue weighted by Crippen LogP contribution is -2.60. The third-order valence-electron chi connectivity index (χ3n) is 2.68. The van der Waals surface area contributed by atoms with Crippen LogP contribution in [0.2, 0.25) is 0 Å². The number of piperazine rings is 1. The fraction of sp³-hybridized carbons (Fsp3) is 0.636. The van der Waals surface area contributed by atoms with E-state index in [0.717, 1.165) is 0 Å². The molecule has 9 heteroatoms. The first kappa shape index (κ1) is 15.9. The Hall–Kier alpha value is -2.16. The molecule has 9 nitrogen and oxygen atoms in total. The number of carbonyl (C=O) groups excluding carboxylic acids is 3. The maximum atomic E-state index is 11.9. The van der Waals surface area contributed by atoms with E-state index in [1.165, 1.54) is 4.90 Å². The molecule has 1 aliphatic heterocycles. The first-order chi connectivity index (χ1) is 9.45. The Bertz CT molecular complexity index is 411. The molecule has 0 aliphatic carbocycles. The minimum absolute atomic E-state index is 0.261. The summed E-state index contributed by atoms with van der Waals surface area (Å²) in [4.78, 5) is 46.3. The highest BCUT2D eigenvalue weighted by atomic mass is 16.5. The zero-order chi connectivity index (χ0) is 15.1. The molecule has 1 saturated heterocycles. The third-order valence-corrected chi connectivity index (χ3v) is 2.68. The minimum Gasteiger partial charge on any atom is -0.480 e. The van der Waals surface area contributed by atoms with E-state index in [1.807, 2.05) is 0 Å². The van der Waals surface area contributed by atoms with Crippen LogP contribution in [0.3, 0.4) is 0 Å². The molecule has 112 valence electrons. The van der Waals surface area contributed by atoms with Crippen LogP contribution in [0.5, 0.6) is 0 Å². The molecule has 0 spiro atoms. The van der Waals surface area contributed by atoms with E-state index >= 15 is 0 Å². The van der Waals surface area contributed by atoms with Crippen LogP contribution in [-0.2, 0) is 19.1 Å². The number of carboxylic acids is 1. The zero-order valence-electron chi connectivity index (χ0n) is 11.0. The Kier molecular flexibility index (Phi) is 5.91. The smallest absolute Gasteiger partial charge is 0.329 e. The molecule has 4 amide bonds. The van der Waals surface area contributed by atoms with Gasteiger partial charge in [-0.1, -0.05) is 6.92 Å². The van der Waals surface area contributed by atoms with E-state index in [-0.39, 0.29) is 5.91 Å². The number of urea groups is 1. The highest BCUT2D eigenvalue weighted by Gasteiger charge is 2.32. The molecular formula is C11H17N3O6. The second-order valence-corrected chi connectivity index (χ2v) is 4.15. The molecule has 0 aromatic heterocycles. The summed E-state index contributed by atoms with van der Waals surface area (Å²) >= 11 is 0. The Labute approximate surface area is 115 Å². The van der Waals surface area contributed by atoms with Gasteiger partial charge in [0.2, 0.25) is 5.91 Å². The number of hydrogen-bond acceptors (Lipinski definition) is 5. The van der Waals surface area contributed by atoms with Gasteiger partial charge in [0.05, 0.1) is 0 Å². The lowest BCUT2D eigenvalue weighted by Gasteiger charge is -2.34. The molecule has 0 radical (unpaired) electrons. The fourth-order valence-corrected chi connectivity index (χ4v) is 1.82. The van der Waals surface area contributed by atoms with Crippen molar-refractivity contribution >= 4 is 23.8 Å². The zero-order valence-corrected chi connectivity index (χ0v) is 11.0. The lowest BCUT2D eigenvalue weighted by atomic mass is 10.1. The number of aliphatic carboxylic acids is 1. The van der Waals surface area contributed by atoms with Crippen molar-refractivity contribution in [3.05, 3.63) is 0 Å². The van der Waals surface area contributed by atoms with E-state index in [4.69, 9.17) is 5.11 Å². The van der Waals surface area contributed by atoms with Crippen molar-refractivity contribution < 1.29 is 29.0 Å². The predicted molar refractivity (Wildman–Crippen MR) is 65.8 cm³/mol. The maximum Gasteiger partial charge on any atom is 0.329 e. The molecule has 1 aliphatic rings. The summed E-state index contributed by atoms with van der Waals surface area (Å²) < 4.78 is 4.56. The van der Waals surface area contributed by atoms with E-state index in [9.17, 15) is 19.2 Å². The molecule has 3 N–H and O–H groups in total. The number of rotatable bonds is 5. The summed E-state index contributed by atoms with van der Waals surface area (Å²) in [5.74, 6) is -2.22. The predicted octanol–water partition coefficient (Wildman–Crippen LogP) is -1.47. The van der Waals surface area contributed by atoms with Crippen LogP contribution in [0.4, 0.5) is 4.79 Å². The van der Waals surface area contributed by atoms with Gasteiger partial charge >= 0.3 is 12.0 Å². The molecule has 0 aromatic rings. The average molecular weight is 287 g/mol. The molecule has 0 aromatic carbocycles. The van der Waals surface area contributed by atoms with Gasteiger partial charge in [0.1, 0.15) is 19.3 Å². The van der Waals surface area contributed by atoms with Crippen LogP contribution >= 0.6 is 0 Å². The molecular weight excluding hydrogens is 270 g/mol. The van der Waals surface area contributed by atoms with Gasteiger partial charge in [0, 0.05) is 13.1 Å². The van der Waals surface area contributed by atoms with E-state index in [1.54, 1.807) is 6.92 Å². The standard InChI is InChI=1S/C11H17N3O6/c1-2-7-10(18)12-3-4-14(7)11(19)13-8(15)5-20-6-9(16)17/h7H,2-6H2,1H3,(H,12,18)(H,16,17)(H,13,15,19). The number of amides is 4. The van der Waals surface area contributed by atoms with Gasteiger partial charge < -0.3 is 20.1 Å². The normalized spacial score (nSPS) is 18.4. The van der Waals surface area contributed by atoms with E-state index in [2.05, 4.69) is 15.4 Å².